The molecule has 1 aliphatic heterocycles. The van der Waals surface area contributed by atoms with Crippen molar-refractivity contribution in [3.05, 3.63) is 71.8 Å². The number of carbonyl (C=O) groups is 2. The van der Waals surface area contributed by atoms with E-state index >= 15 is 0 Å². The van der Waals surface area contributed by atoms with Crippen molar-refractivity contribution in [3.8, 4) is 12.1 Å². The van der Waals surface area contributed by atoms with Crippen molar-refractivity contribution in [2.24, 2.45) is 10.8 Å². The Morgan fingerprint density at radius 2 is 1.27 bits per heavy atom. The van der Waals surface area contributed by atoms with Crippen molar-refractivity contribution in [3.63, 3.8) is 0 Å². The highest BCUT2D eigenvalue weighted by Gasteiger charge is 2.79. The first-order chi connectivity index (χ1) is 15.7. The van der Waals surface area contributed by atoms with E-state index in [1.807, 2.05) is 12.1 Å². The number of carbonyl (C=O) groups excluding carboxylic acids is 2. The molecule has 0 bridgehead atoms. The molecule has 33 heavy (non-hydrogen) atoms. The van der Waals surface area contributed by atoms with E-state index in [-0.39, 0.29) is 5.75 Å². The Kier molecular flexibility index (Phi) is 6.86. The minimum Gasteiger partial charge on any atom is -0.462 e. The number of hydrogen-bond acceptors (Lipinski definition) is 7. The number of hydrogen-bond donors (Lipinski definition) is 0. The van der Waals surface area contributed by atoms with E-state index in [0.29, 0.717) is 11.1 Å². The second-order valence-electron chi connectivity index (χ2n) is 8.49. The summed E-state index contributed by atoms with van der Waals surface area (Å²) in [5, 5.41) is 21.2. The van der Waals surface area contributed by atoms with Crippen molar-refractivity contribution >= 4 is 23.7 Å². The predicted octanol–water partition coefficient (Wildman–Crippen LogP) is 4.60. The molecule has 2 aromatic carbocycles. The highest BCUT2D eigenvalue weighted by Crippen LogP contribution is 2.69. The van der Waals surface area contributed by atoms with Crippen LogP contribution in [0.15, 0.2) is 60.7 Å². The van der Waals surface area contributed by atoms with Gasteiger partial charge < -0.3 is 9.47 Å². The molecule has 0 radical (unpaired) electrons. The normalized spacial score (nSPS) is 23.5. The van der Waals surface area contributed by atoms with Crippen LogP contribution in [-0.2, 0) is 23.8 Å². The van der Waals surface area contributed by atoms with Crippen LogP contribution in [-0.4, -0.2) is 29.9 Å². The van der Waals surface area contributed by atoms with E-state index in [4.69, 9.17) is 9.47 Å². The van der Waals surface area contributed by atoms with Gasteiger partial charge in [-0.2, -0.15) is 10.5 Å². The van der Waals surface area contributed by atoms with Crippen LogP contribution in [0.1, 0.15) is 38.8 Å². The number of thioether (sulfide) groups is 1. The lowest BCUT2D eigenvalue weighted by Crippen LogP contribution is -2.59. The molecule has 1 heterocycles. The lowest BCUT2D eigenvalue weighted by molar-refractivity contribution is -0.175. The van der Waals surface area contributed by atoms with Crippen LogP contribution in [0.4, 0.5) is 0 Å². The maximum atomic E-state index is 13.9. The fourth-order valence-electron chi connectivity index (χ4n) is 4.37. The summed E-state index contributed by atoms with van der Waals surface area (Å²) in [5.74, 6) is -1.93. The second-order valence-corrected chi connectivity index (χ2v) is 9.68. The van der Waals surface area contributed by atoms with E-state index in [2.05, 4.69) is 12.1 Å². The summed E-state index contributed by atoms with van der Waals surface area (Å²) in [6.45, 7) is 6.65. The zero-order valence-corrected chi connectivity index (χ0v) is 19.9. The van der Waals surface area contributed by atoms with E-state index in [9.17, 15) is 20.1 Å². The predicted molar refractivity (Wildman–Crippen MR) is 125 cm³/mol. The van der Waals surface area contributed by atoms with Crippen molar-refractivity contribution in [1.29, 1.82) is 10.5 Å². The molecule has 7 heteroatoms. The molecule has 0 N–H and O–H groups in total. The molecule has 6 nitrogen and oxygen atoms in total. The van der Waals surface area contributed by atoms with Gasteiger partial charge in [-0.15, -0.1) is 11.8 Å². The number of ether oxygens (including phenoxy) is 2. The third-order valence-electron chi connectivity index (χ3n) is 5.73. The number of rotatable bonds is 6. The van der Waals surface area contributed by atoms with Crippen LogP contribution in [0.25, 0.3) is 0 Å². The van der Waals surface area contributed by atoms with Crippen molar-refractivity contribution < 1.29 is 19.1 Å². The Hall–Kier alpha value is -3.29. The Morgan fingerprint density at radius 1 is 0.818 bits per heavy atom. The van der Waals surface area contributed by atoms with Gasteiger partial charge in [-0.25, -0.2) is 0 Å². The molecule has 0 aliphatic carbocycles. The topological polar surface area (TPSA) is 100 Å². The first-order valence-corrected chi connectivity index (χ1v) is 11.7. The van der Waals surface area contributed by atoms with E-state index in [1.165, 1.54) is 11.8 Å². The zero-order chi connectivity index (χ0) is 24.3. The Balaban J connectivity index is 2.47. The molecule has 0 spiro atoms. The summed E-state index contributed by atoms with van der Waals surface area (Å²) in [4.78, 5) is 27.4. The summed E-state index contributed by atoms with van der Waals surface area (Å²) in [5.41, 5.74) is -3.05. The summed E-state index contributed by atoms with van der Waals surface area (Å²) in [6.07, 6.45) is -1.09. The number of nitrogens with zero attached hydrogens (tertiary/aromatic N) is 2. The molecule has 2 aromatic rings. The van der Waals surface area contributed by atoms with Gasteiger partial charge in [0.25, 0.3) is 0 Å². The summed E-state index contributed by atoms with van der Waals surface area (Å²) in [7, 11) is 0. The van der Waals surface area contributed by atoms with Gasteiger partial charge >= 0.3 is 11.9 Å². The molecule has 1 aliphatic rings. The molecule has 2 atom stereocenters. The number of nitriles is 2. The van der Waals surface area contributed by atoms with Crippen LogP contribution >= 0.6 is 11.8 Å². The Labute approximate surface area is 198 Å². The third kappa shape index (κ3) is 3.57. The standard InChI is InChI=1S/C26H26N2O4S/c1-18(2)31-22(29)24(15-27)17-33-26(20-11-7-5-8-12-20,21-13-9-6-10-14-21)25(24,16-28)23(30)32-19(3)4/h5-14,18-19H,17H2,1-4H3/t24-,25-/m1/s1. The average Bonchev–Trinajstić information content (AvgIpc) is 3.12. The lowest BCUT2D eigenvalue weighted by Gasteiger charge is -2.43. The van der Waals surface area contributed by atoms with Gasteiger partial charge in [0.2, 0.25) is 5.41 Å². The van der Waals surface area contributed by atoms with Gasteiger partial charge in [0.05, 0.1) is 29.1 Å². The Bertz CT molecular complexity index is 1070. The van der Waals surface area contributed by atoms with Crippen molar-refractivity contribution in [1.82, 2.24) is 0 Å². The summed E-state index contributed by atoms with van der Waals surface area (Å²) >= 11 is 1.22. The molecule has 0 saturated carbocycles. The Morgan fingerprint density at radius 3 is 1.67 bits per heavy atom. The van der Waals surface area contributed by atoms with Crippen LogP contribution in [0.3, 0.4) is 0 Å². The fraction of sp³-hybridized carbons (Fsp3) is 0.385. The second kappa shape index (κ2) is 9.29. The van der Waals surface area contributed by atoms with Gasteiger partial charge in [0.15, 0.2) is 5.41 Å². The maximum Gasteiger partial charge on any atom is 0.331 e. The molecule has 170 valence electrons. The highest BCUT2D eigenvalue weighted by atomic mass is 32.2. The van der Waals surface area contributed by atoms with Crippen LogP contribution in [0.5, 0.6) is 0 Å². The fourth-order valence-corrected chi connectivity index (χ4v) is 6.33. The summed E-state index contributed by atoms with van der Waals surface area (Å²) < 4.78 is 9.69. The van der Waals surface area contributed by atoms with E-state index in [1.54, 1.807) is 76.2 Å². The largest absolute Gasteiger partial charge is 0.462 e. The number of benzene rings is 2. The third-order valence-corrected chi connectivity index (χ3v) is 7.52. The maximum absolute atomic E-state index is 13.9. The molecular formula is C26H26N2O4S. The average molecular weight is 463 g/mol. The van der Waals surface area contributed by atoms with Gasteiger partial charge in [0, 0.05) is 5.75 Å². The van der Waals surface area contributed by atoms with E-state index in [0.717, 1.165) is 0 Å². The number of esters is 2. The molecule has 0 aromatic heterocycles. The van der Waals surface area contributed by atoms with Gasteiger partial charge in [-0.3, -0.25) is 9.59 Å². The van der Waals surface area contributed by atoms with Gasteiger partial charge in [-0.1, -0.05) is 60.7 Å². The molecule has 1 fully saturated rings. The molecule has 1 saturated heterocycles. The first-order valence-electron chi connectivity index (χ1n) is 10.7. The highest BCUT2D eigenvalue weighted by molar-refractivity contribution is 8.00. The van der Waals surface area contributed by atoms with Crippen LogP contribution in [0.2, 0.25) is 0 Å². The molecule has 0 amide bonds. The van der Waals surface area contributed by atoms with Gasteiger partial charge in [-0.05, 0) is 38.8 Å². The van der Waals surface area contributed by atoms with E-state index < -0.39 is 39.7 Å². The SMILES string of the molecule is CC(C)OC(=O)[C@@]1(C#N)C(c2ccccc2)(c2ccccc2)SC[C@]1(C#N)C(=O)OC(C)C. The molecular weight excluding hydrogens is 436 g/mol. The quantitative estimate of drug-likeness (QED) is 0.578. The smallest absolute Gasteiger partial charge is 0.331 e. The molecule has 3 rings (SSSR count). The van der Waals surface area contributed by atoms with Crippen molar-refractivity contribution in [2.75, 3.05) is 5.75 Å². The minimum absolute atomic E-state index is 0.112. The van der Waals surface area contributed by atoms with Gasteiger partial charge in [0.1, 0.15) is 0 Å². The molecule has 0 unspecified atom stereocenters. The van der Waals surface area contributed by atoms with Crippen LogP contribution < -0.4 is 0 Å². The lowest BCUT2D eigenvalue weighted by atomic mass is 9.55. The van der Waals surface area contributed by atoms with Crippen LogP contribution in [0, 0.1) is 33.5 Å². The monoisotopic (exact) mass is 462 g/mol. The summed E-state index contributed by atoms with van der Waals surface area (Å²) in [6, 6.07) is 22.3. The minimum atomic E-state index is -2.21. The first kappa shape index (κ1) is 24.4. The van der Waals surface area contributed by atoms with Crippen molar-refractivity contribution in [2.45, 2.75) is 44.6 Å². The zero-order valence-electron chi connectivity index (χ0n) is 19.1.